The summed E-state index contributed by atoms with van der Waals surface area (Å²) in [5.41, 5.74) is 1.85. The van der Waals surface area contributed by atoms with Gasteiger partial charge in [0.2, 0.25) is 0 Å². The third-order valence-corrected chi connectivity index (χ3v) is 3.74. The van der Waals surface area contributed by atoms with E-state index < -0.39 is 0 Å². The molecule has 0 aliphatic heterocycles. The first-order valence-electron chi connectivity index (χ1n) is 7.58. The fourth-order valence-electron chi connectivity index (χ4n) is 2.33. The van der Waals surface area contributed by atoms with E-state index in [1.165, 1.54) is 5.56 Å². The Morgan fingerprint density at radius 2 is 1.91 bits per heavy atom. The molecule has 0 aliphatic rings. The minimum Gasteiger partial charge on any atom is -0.363 e. The summed E-state index contributed by atoms with van der Waals surface area (Å²) in [5.74, 6) is 1.10. The van der Waals surface area contributed by atoms with Gasteiger partial charge in [-0.15, -0.1) is 0 Å². The average molecular weight is 297 g/mol. The lowest BCUT2D eigenvalue weighted by atomic mass is 9.96. The third kappa shape index (κ3) is 4.07. The molecule has 1 atom stereocenters. The highest BCUT2D eigenvalue weighted by atomic mass is 16.1. The van der Waals surface area contributed by atoms with Gasteiger partial charge >= 0.3 is 0 Å². The summed E-state index contributed by atoms with van der Waals surface area (Å²) in [6.07, 6.45) is 2.61. The maximum atomic E-state index is 12.2. The predicted octanol–water partition coefficient (Wildman–Crippen LogP) is 3.07. The number of aromatic nitrogens is 1. The van der Waals surface area contributed by atoms with Crippen LogP contribution < -0.4 is 10.2 Å². The van der Waals surface area contributed by atoms with E-state index in [1.807, 2.05) is 43.3 Å². The van der Waals surface area contributed by atoms with Gasteiger partial charge in [-0.3, -0.25) is 4.79 Å². The van der Waals surface area contributed by atoms with Gasteiger partial charge in [0.05, 0.1) is 5.56 Å². The van der Waals surface area contributed by atoms with Crippen molar-refractivity contribution in [3.63, 3.8) is 0 Å². The lowest BCUT2D eigenvalue weighted by Gasteiger charge is -2.16. The van der Waals surface area contributed by atoms with E-state index in [4.69, 9.17) is 0 Å². The third-order valence-electron chi connectivity index (χ3n) is 3.74. The molecule has 1 aromatic heterocycles. The Labute approximate surface area is 132 Å². The maximum Gasteiger partial charge on any atom is 0.252 e. The summed E-state index contributed by atoms with van der Waals surface area (Å²) in [7, 11) is 3.85. The van der Waals surface area contributed by atoms with Crippen LogP contribution in [0.2, 0.25) is 0 Å². The molecule has 0 saturated heterocycles. The topological polar surface area (TPSA) is 45.2 Å². The zero-order chi connectivity index (χ0) is 15.9. The van der Waals surface area contributed by atoms with Gasteiger partial charge in [-0.1, -0.05) is 37.3 Å². The van der Waals surface area contributed by atoms with E-state index in [-0.39, 0.29) is 5.91 Å². The lowest BCUT2D eigenvalue weighted by Crippen LogP contribution is -2.28. The Kier molecular flexibility index (Phi) is 5.53. The lowest BCUT2D eigenvalue weighted by molar-refractivity contribution is 0.0950. The summed E-state index contributed by atoms with van der Waals surface area (Å²) in [5, 5.41) is 3.00. The van der Waals surface area contributed by atoms with Crippen molar-refractivity contribution in [3.8, 4) is 0 Å². The molecular weight excluding hydrogens is 274 g/mol. The van der Waals surface area contributed by atoms with Crippen LogP contribution in [0.1, 0.15) is 35.2 Å². The summed E-state index contributed by atoms with van der Waals surface area (Å²) < 4.78 is 0. The monoisotopic (exact) mass is 297 g/mol. The number of benzene rings is 1. The molecule has 2 rings (SSSR count). The highest BCUT2D eigenvalue weighted by molar-refractivity contribution is 5.94. The number of anilines is 1. The average Bonchev–Trinajstić information content (AvgIpc) is 2.56. The number of carbonyl (C=O) groups is 1. The van der Waals surface area contributed by atoms with Crippen LogP contribution in [0.15, 0.2) is 48.7 Å². The first kappa shape index (κ1) is 16.0. The van der Waals surface area contributed by atoms with Gasteiger partial charge in [-0.05, 0) is 24.1 Å². The Morgan fingerprint density at radius 1 is 1.18 bits per heavy atom. The van der Waals surface area contributed by atoms with Crippen LogP contribution in [-0.4, -0.2) is 31.5 Å². The van der Waals surface area contributed by atoms with Crippen LogP contribution in [0.3, 0.4) is 0 Å². The Morgan fingerprint density at radius 3 is 2.45 bits per heavy atom. The number of hydrogen-bond donors (Lipinski definition) is 1. The predicted molar refractivity (Wildman–Crippen MR) is 90.4 cm³/mol. The Hall–Kier alpha value is -2.36. The van der Waals surface area contributed by atoms with Crippen molar-refractivity contribution in [3.05, 3.63) is 59.8 Å². The van der Waals surface area contributed by atoms with E-state index >= 15 is 0 Å². The largest absolute Gasteiger partial charge is 0.363 e. The zero-order valence-corrected chi connectivity index (χ0v) is 13.4. The summed E-state index contributed by atoms with van der Waals surface area (Å²) in [4.78, 5) is 18.4. The van der Waals surface area contributed by atoms with Gasteiger partial charge in [-0.2, -0.15) is 0 Å². The molecule has 0 aliphatic carbocycles. The molecule has 2 aromatic rings. The molecule has 0 spiro atoms. The van der Waals surface area contributed by atoms with Crippen molar-refractivity contribution in [2.24, 2.45) is 0 Å². The van der Waals surface area contributed by atoms with Crippen LogP contribution in [0.25, 0.3) is 0 Å². The molecule has 4 nitrogen and oxygen atoms in total. The van der Waals surface area contributed by atoms with Crippen molar-refractivity contribution in [2.75, 3.05) is 25.5 Å². The number of nitrogens with one attached hydrogen (secondary N) is 1. The van der Waals surface area contributed by atoms with Crippen LogP contribution >= 0.6 is 0 Å². The molecule has 0 fully saturated rings. The number of carbonyl (C=O) groups excluding carboxylic acids is 1. The number of hydrogen-bond acceptors (Lipinski definition) is 3. The van der Waals surface area contributed by atoms with E-state index in [9.17, 15) is 4.79 Å². The first-order valence-corrected chi connectivity index (χ1v) is 7.58. The summed E-state index contributed by atoms with van der Waals surface area (Å²) >= 11 is 0. The van der Waals surface area contributed by atoms with Crippen LogP contribution in [0.5, 0.6) is 0 Å². The van der Waals surface area contributed by atoms with Gasteiger partial charge in [0.15, 0.2) is 0 Å². The fraction of sp³-hybridized carbons (Fsp3) is 0.333. The Bertz CT molecular complexity index is 593. The van der Waals surface area contributed by atoms with Crippen molar-refractivity contribution < 1.29 is 4.79 Å². The first-order chi connectivity index (χ1) is 10.6. The van der Waals surface area contributed by atoms with Gasteiger partial charge < -0.3 is 10.2 Å². The second-order valence-electron chi connectivity index (χ2n) is 5.53. The van der Waals surface area contributed by atoms with Crippen molar-refractivity contribution in [1.82, 2.24) is 10.3 Å². The van der Waals surface area contributed by atoms with Gasteiger partial charge in [0.1, 0.15) is 5.82 Å². The molecule has 4 heteroatoms. The van der Waals surface area contributed by atoms with Crippen LogP contribution in [0, 0.1) is 0 Å². The van der Waals surface area contributed by atoms with Crippen LogP contribution in [0.4, 0.5) is 5.82 Å². The van der Waals surface area contributed by atoms with Crippen molar-refractivity contribution >= 4 is 11.7 Å². The highest BCUT2D eigenvalue weighted by Crippen LogP contribution is 2.18. The van der Waals surface area contributed by atoms with Crippen LogP contribution in [-0.2, 0) is 0 Å². The van der Waals surface area contributed by atoms with E-state index in [0.717, 1.165) is 12.2 Å². The number of amides is 1. The molecule has 1 heterocycles. The number of nitrogens with zero attached hydrogens (tertiary/aromatic N) is 2. The van der Waals surface area contributed by atoms with Gasteiger partial charge in [0, 0.05) is 32.8 Å². The minimum absolute atomic E-state index is 0.0767. The quantitative estimate of drug-likeness (QED) is 0.891. The summed E-state index contributed by atoms with van der Waals surface area (Å²) in [6, 6.07) is 13.9. The fourth-order valence-corrected chi connectivity index (χ4v) is 2.33. The molecule has 1 amide bonds. The van der Waals surface area contributed by atoms with Gasteiger partial charge in [0.25, 0.3) is 5.91 Å². The highest BCUT2D eigenvalue weighted by Gasteiger charge is 2.12. The van der Waals surface area contributed by atoms with Crippen molar-refractivity contribution in [2.45, 2.75) is 19.3 Å². The van der Waals surface area contributed by atoms with E-state index in [0.29, 0.717) is 18.0 Å². The molecule has 1 aromatic carbocycles. The number of pyridine rings is 1. The zero-order valence-electron chi connectivity index (χ0n) is 13.4. The van der Waals surface area contributed by atoms with E-state index in [2.05, 4.69) is 29.4 Å². The second kappa shape index (κ2) is 7.59. The summed E-state index contributed by atoms with van der Waals surface area (Å²) in [6.45, 7) is 2.77. The van der Waals surface area contributed by atoms with Gasteiger partial charge in [-0.25, -0.2) is 4.98 Å². The minimum atomic E-state index is -0.0767. The molecule has 22 heavy (non-hydrogen) atoms. The molecule has 0 bridgehead atoms. The molecule has 0 radical (unpaired) electrons. The maximum absolute atomic E-state index is 12.2. The van der Waals surface area contributed by atoms with Crippen molar-refractivity contribution in [1.29, 1.82) is 0 Å². The molecule has 0 saturated carbocycles. The number of rotatable bonds is 6. The second-order valence-corrected chi connectivity index (χ2v) is 5.53. The van der Waals surface area contributed by atoms with E-state index in [1.54, 1.807) is 12.3 Å². The molecular formula is C18H23N3O. The Balaban J connectivity index is 1.96. The standard InChI is InChI=1S/C18H23N3O/c1-4-14(15-8-6-5-7-9-15)12-20-18(22)16-10-11-17(19-13-16)21(2)3/h5-11,13-14H,4,12H2,1-3H3,(H,20,22). The molecule has 1 N–H and O–H groups in total. The SMILES string of the molecule is CCC(CNC(=O)c1ccc(N(C)C)nc1)c1ccccc1. The molecule has 116 valence electrons. The normalized spacial score (nSPS) is 11.8. The smallest absolute Gasteiger partial charge is 0.252 e. The molecule has 1 unspecified atom stereocenters.